The van der Waals surface area contributed by atoms with Crippen LogP contribution in [0.15, 0.2) is 98.8 Å². The summed E-state index contributed by atoms with van der Waals surface area (Å²) in [5.74, 6) is 0.953. The molecule has 0 unspecified atom stereocenters. The van der Waals surface area contributed by atoms with E-state index < -0.39 is 0 Å². The zero-order valence-electron chi connectivity index (χ0n) is 14.8. The number of hydrogen-bond donors (Lipinski definition) is 0. The van der Waals surface area contributed by atoms with Gasteiger partial charge in [0.2, 0.25) is 5.88 Å². The third-order valence-electron chi connectivity index (χ3n) is 4.30. The van der Waals surface area contributed by atoms with Crippen molar-refractivity contribution in [1.29, 1.82) is 5.26 Å². The molecule has 0 radical (unpaired) electrons. The number of nitrogens with zero attached hydrogens (tertiary/aromatic N) is 2. The zero-order valence-corrected chi connectivity index (χ0v) is 16.4. The van der Waals surface area contributed by atoms with Crippen molar-refractivity contribution in [3.05, 3.63) is 101 Å². The summed E-state index contributed by atoms with van der Waals surface area (Å²) in [5.41, 5.74) is 3.94. The number of halogens is 1. The lowest BCUT2D eigenvalue weighted by Crippen LogP contribution is -1.83. The highest BCUT2D eigenvalue weighted by molar-refractivity contribution is 9.10. The fourth-order valence-electron chi connectivity index (χ4n) is 2.97. The fraction of sp³-hybridized carbons (Fsp3) is 0. The van der Waals surface area contributed by atoms with E-state index in [-0.39, 0.29) is 0 Å². The Bertz CT molecular complexity index is 1160. The molecule has 0 aliphatic carbocycles. The van der Waals surface area contributed by atoms with Crippen LogP contribution >= 0.6 is 15.9 Å². The number of furan rings is 1. The van der Waals surface area contributed by atoms with Crippen molar-refractivity contribution in [3.63, 3.8) is 0 Å². The average Bonchev–Trinajstić information content (AvgIpc) is 3.13. The summed E-state index contributed by atoms with van der Waals surface area (Å²) in [6.45, 7) is 0. The first kappa shape index (κ1) is 18.0. The van der Waals surface area contributed by atoms with Gasteiger partial charge >= 0.3 is 0 Å². The van der Waals surface area contributed by atoms with Crippen molar-refractivity contribution < 1.29 is 4.42 Å². The van der Waals surface area contributed by atoms with Crippen LogP contribution in [0.3, 0.4) is 0 Å². The van der Waals surface area contributed by atoms with Crippen LogP contribution in [0.2, 0.25) is 0 Å². The van der Waals surface area contributed by atoms with Gasteiger partial charge in [-0.05, 0) is 23.3 Å². The molecule has 134 valence electrons. The second-order valence-corrected chi connectivity index (χ2v) is 7.06. The van der Waals surface area contributed by atoms with Crippen LogP contribution in [0.5, 0.6) is 0 Å². The summed E-state index contributed by atoms with van der Waals surface area (Å²) in [4.78, 5) is 4.48. The van der Waals surface area contributed by atoms with Gasteiger partial charge in [0.15, 0.2) is 0 Å². The van der Waals surface area contributed by atoms with Crippen molar-refractivity contribution in [2.24, 2.45) is 4.99 Å². The molecular weight excluding hydrogens is 412 g/mol. The second kappa shape index (κ2) is 8.08. The van der Waals surface area contributed by atoms with Crippen LogP contribution < -0.4 is 0 Å². The van der Waals surface area contributed by atoms with Crippen LogP contribution in [0, 0.1) is 11.3 Å². The predicted molar refractivity (Wildman–Crippen MR) is 116 cm³/mol. The largest absolute Gasteiger partial charge is 0.436 e. The molecule has 3 nitrogen and oxygen atoms in total. The van der Waals surface area contributed by atoms with Crippen molar-refractivity contribution in [2.75, 3.05) is 0 Å². The molecule has 0 spiro atoms. The smallest absolute Gasteiger partial charge is 0.238 e. The van der Waals surface area contributed by atoms with Gasteiger partial charge in [0, 0.05) is 21.8 Å². The molecule has 0 aliphatic rings. The zero-order chi connectivity index (χ0) is 19.3. The Balaban J connectivity index is 1.87. The molecule has 0 N–H and O–H groups in total. The summed E-state index contributed by atoms with van der Waals surface area (Å²) in [7, 11) is 0. The maximum atomic E-state index is 9.86. The van der Waals surface area contributed by atoms with E-state index in [1.165, 1.54) is 0 Å². The highest BCUT2D eigenvalue weighted by Gasteiger charge is 2.22. The minimum Gasteiger partial charge on any atom is -0.436 e. The summed E-state index contributed by atoms with van der Waals surface area (Å²) in [6, 6.07) is 29.6. The maximum Gasteiger partial charge on any atom is 0.238 e. The van der Waals surface area contributed by atoms with Gasteiger partial charge in [-0.15, -0.1) is 0 Å². The van der Waals surface area contributed by atoms with Gasteiger partial charge in [0.25, 0.3) is 0 Å². The topological polar surface area (TPSA) is 49.3 Å². The van der Waals surface area contributed by atoms with Gasteiger partial charge in [0.1, 0.15) is 17.4 Å². The van der Waals surface area contributed by atoms with E-state index in [1.54, 1.807) is 6.21 Å². The normalized spacial score (nSPS) is 10.9. The van der Waals surface area contributed by atoms with E-state index in [0.717, 1.165) is 26.7 Å². The number of benzene rings is 3. The van der Waals surface area contributed by atoms with Gasteiger partial charge in [-0.1, -0.05) is 88.7 Å². The number of hydrogen-bond acceptors (Lipinski definition) is 3. The molecule has 4 rings (SSSR count). The van der Waals surface area contributed by atoms with Gasteiger partial charge in [-0.2, -0.15) is 5.26 Å². The highest BCUT2D eigenvalue weighted by Crippen LogP contribution is 2.42. The van der Waals surface area contributed by atoms with Gasteiger partial charge in [-0.25, -0.2) is 4.99 Å². The molecule has 4 heteroatoms. The Hall–Kier alpha value is -3.42. The minimum absolute atomic E-state index is 0.308. The van der Waals surface area contributed by atoms with Gasteiger partial charge < -0.3 is 4.42 Å². The molecule has 3 aromatic carbocycles. The quantitative estimate of drug-likeness (QED) is 0.329. The first-order chi connectivity index (χ1) is 13.8. The van der Waals surface area contributed by atoms with E-state index >= 15 is 0 Å². The van der Waals surface area contributed by atoms with Crippen LogP contribution in [0.25, 0.3) is 22.5 Å². The van der Waals surface area contributed by atoms with E-state index in [4.69, 9.17) is 4.42 Å². The molecule has 0 amide bonds. The molecule has 1 aromatic heterocycles. The first-order valence-corrected chi connectivity index (χ1v) is 9.53. The second-order valence-electron chi connectivity index (χ2n) is 6.14. The number of rotatable bonds is 4. The van der Waals surface area contributed by atoms with E-state index in [0.29, 0.717) is 17.2 Å². The standard InChI is InChI=1S/C24H15BrN2O/c25-20-13-11-17(12-14-20)16-27-24-21(15-26)22(18-7-3-1-4-8-18)23(28-24)19-9-5-2-6-10-19/h1-14,16H. The molecule has 0 atom stereocenters. The maximum absolute atomic E-state index is 9.86. The molecular formula is C24H15BrN2O. The summed E-state index contributed by atoms with van der Waals surface area (Å²) in [5, 5.41) is 9.86. The van der Waals surface area contributed by atoms with Crippen molar-refractivity contribution in [3.8, 4) is 28.5 Å². The summed E-state index contributed by atoms with van der Waals surface area (Å²) >= 11 is 3.42. The Morgan fingerprint density at radius 1 is 0.821 bits per heavy atom. The molecule has 0 bridgehead atoms. The predicted octanol–water partition coefficient (Wildman–Crippen LogP) is 7.00. The molecule has 1 heterocycles. The Labute approximate surface area is 171 Å². The van der Waals surface area contributed by atoms with Crippen LogP contribution in [-0.4, -0.2) is 6.21 Å². The van der Waals surface area contributed by atoms with Crippen LogP contribution in [0.4, 0.5) is 5.88 Å². The van der Waals surface area contributed by atoms with Gasteiger partial charge in [-0.3, -0.25) is 0 Å². The monoisotopic (exact) mass is 426 g/mol. The van der Waals surface area contributed by atoms with Crippen LogP contribution in [-0.2, 0) is 0 Å². The molecule has 4 aromatic rings. The molecule has 28 heavy (non-hydrogen) atoms. The lowest BCUT2D eigenvalue weighted by atomic mass is 9.98. The lowest BCUT2D eigenvalue weighted by Gasteiger charge is -2.03. The molecule has 0 saturated carbocycles. The molecule has 0 saturated heterocycles. The fourth-order valence-corrected chi connectivity index (χ4v) is 3.23. The molecule has 0 aliphatic heterocycles. The number of aliphatic imine (C=N–C) groups is 1. The Morgan fingerprint density at radius 2 is 1.43 bits per heavy atom. The third-order valence-corrected chi connectivity index (χ3v) is 4.83. The Morgan fingerprint density at radius 3 is 2.04 bits per heavy atom. The van der Waals surface area contributed by atoms with E-state index in [1.807, 2.05) is 84.9 Å². The Kier molecular flexibility index (Phi) is 5.18. The van der Waals surface area contributed by atoms with Crippen LogP contribution in [0.1, 0.15) is 11.1 Å². The number of nitriles is 1. The van der Waals surface area contributed by atoms with E-state index in [9.17, 15) is 5.26 Å². The molecule has 0 fully saturated rings. The third kappa shape index (κ3) is 3.66. The average molecular weight is 427 g/mol. The summed E-state index contributed by atoms with van der Waals surface area (Å²) in [6.07, 6.45) is 1.70. The van der Waals surface area contributed by atoms with Crippen molar-refractivity contribution in [1.82, 2.24) is 0 Å². The van der Waals surface area contributed by atoms with Crippen molar-refractivity contribution >= 4 is 28.0 Å². The minimum atomic E-state index is 0.308. The van der Waals surface area contributed by atoms with Crippen molar-refractivity contribution in [2.45, 2.75) is 0 Å². The first-order valence-electron chi connectivity index (χ1n) is 8.73. The lowest BCUT2D eigenvalue weighted by molar-refractivity contribution is 0.593. The highest BCUT2D eigenvalue weighted by atomic mass is 79.9. The summed E-state index contributed by atoms with van der Waals surface area (Å²) < 4.78 is 7.09. The SMILES string of the molecule is N#Cc1c(N=Cc2ccc(Br)cc2)oc(-c2ccccc2)c1-c1ccccc1. The van der Waals surface area contributed by atoms with Gasteiger partial charge in [0.05, 0.1) is 0 Å². The van der Waals surface area contributed by atoms with E-state index in [2.05, 4.69) is 27.0 Å².